The molecule has 4 nitrogen and oxygen atoms in total. The number of phenolic OH excluding ortho intramolecular Hbond substituents is 1. The van der Waals surface area contributed by atoms with Crippen LogP contribution >= 0.6 is 47.0 Å². The molecule has 0 aliphatic carbocycles. The monoisotopic (exact) mass is 390 g/mol. The standard InChI is InChI=1S/C15H13Cl3N2O2S/c1-7(21)12-5-10(18)6-13(14(12)22)20-15(23)19-11-3-8(16)2-9(17)4-11/h2-7,21-22H,1H3,(H2,19,20,23). The number of aliphatic hydroxyl groups is 1. The second-order valence-corrected chi connectivity index (χ2v) is 6.52. The first-order chi connectivity index (χ1) is 10.8. The van der Waals surface area contributed by atoms with Crippen LogP contribution in [0, 0.1) is 0 Å². The Morgan fingerprint density at radius 3 is 2.13 bits per heavy atom. The number of hydrogen-bond donors (Lipinski definition) is 4. The van der Waals surface area contributed by atoms with E-state index in [-0.39, 0.29) is 16.5 Å². The summed E-state index contributed by atoms with van der Waals surface area (Å²) in [6, 6.07) is 7.89. The van der Waals surface area contributed by atoms with Crippen LogP contribution < -0.4 is 10.6 Å². The molecule has 8 heteroatoms. The number of aromatic hydroxyl groups is 1. The number of rotatable bonds is 3. The Labute approximate surface area is 154 Å². The first-order valence-electron chi connectivity index (χ1n) is 6.51. The highest BCUT2D eigenvalue weighted by Crippen LogP contribution is 2.35. The van der Waals surface area contributed by atoms with Gasteiger partial charge in [0, 0.05) is 26.3 Å². The summed E-state index contributed by atoms with van der Waals surface area (Å²) in [5.41, 5.74) is 1.17. The van der Waals surface area contributed by atoms with Gasteiger partial charge in [-0.1, -0.05) is 34.8 Å². The summed E-state index contributed by atoms with van der Waals surface area (Å²) in [6.45, 7) is 1.53. The third-order valence-electron chi connectivity index (χ3n) is 2.92. The van der Waals surface area contributed by atoms with Crippen molar-refractivity contribution in [2.75, 3.05) is 10.6 Å². The van der Waals surface area contributed by atoms with Gasteiger partial charge in [-0.25, -0.2) is 0 Å². The summed E-state index contributed by atoms with van der Waals surface area (Å²) in [5.74, 6) is -0.127. The maximum atomic E-state index is 10.2. The molecule has 0 amide bonds. The van der Waals surface area contributed by atoms with Crippen LogP contribution in [0.2, 0.25) is 15.1 Å². The number of hydrogen-bond acceptors (Lipinski definition) is 3. The summed E-state index contributed by atoms with van der Waals surface area (Å²) in [5, 5.41) is 27.0. The van der Waals surface area contributed by atoms with E-state index in [9.17, 15) is 10.2 Å². The summed E-state index contributed by atoms with van der Waals surface area (Å²) in [7, 11) is 0. The molecule has 1 unspecified atom stereocenters. The van der Waals surface area contributed by atoms with Crippen molar-refractivity contribution >= 4 is 63.5 Å². The summed E-state index contributed by atoms with van der Waals surface area (Å²) >= 11 is 23.0. The highest BCUT2D eigenvalue weighted by atomic mass is 35.5. The molecule has 0 radical (unpaired) electrons. The van der Waals surface area contributed by atoms with Crippen molar-refractivity contribution in [1.29, 1.82) is 0 Å². The van der Waals surface area contributed by atoms with Crippen LogP contribution in [0.3, 0.4) is 0 Å². The Balaban J connectivity index is 2.20. The molecular weight excluding hydrogens is 379 g/mol. The van der Waals surface area contributed by atoms with Crippen molar-refractivity contribution in [3.05, 3.63) is 51.0 Å². The fourth-order valence-electron chi connectivity index (χ4n) is 1.94. The molecule has 2 rings (SSSR count). The van der Waals surface area contributed by atoms with Crippen molar-refractivity contribution in [3.63, 3.8) is 0 Å². The normalized spacial score (nSPS) is 11.9. The third-order valence-corrected chi connectivity index (χ3v) is 3.78. The molecule has 0 bridgehead atoms. The van der Waals surface area contributed by atoms with E-state index in [1.54, 1.807) is 18.2 Å². The average molecular weight is 392 g/mol. The molecular formula is C15H13Cl3N2O2S. The van der Waals surface area contributed by atoms with Crippen molar-refractivity contribution < 1.29 is 10.2 Å². The number of benzene rings is 2. The predicted molar refractivity (Wildman–Crippen MR) is 100 cm³/mol. The minimum absolute atomic E-state index is 0.127. The molecule has 2 aromatic carbocycles. The topological polar surface area (TPSA) is 64.5 Å². The Morgan fingerprint density at radius 2 is 1.57 bits per heavy atom. The Morgan fingerprint density at radius 1 is 1.00 bits per heavy atom. The lowest BCUT2D eigenvalue weighted by molar-refractivity contribution is 0.195. The molecule has 0 saturated heterocycles. The van der Waals surface area contributed by atoms with E-state index in [0.29, 0.717) is 26.3 Å². The third kappa shape index (κ3) is 4.86. The number of nitrogens with one attached hydrogen (secondary N) is 2. The molecule has 23 heavy (non-hydrogen) atoms. The minimum Gasteiger partial charge on any atom is -0.505 e. The zero-order valence-electron chi connectivity index (χ0n) is 11.9. The van der Waals surface area contributed by atoms with Gasteiger partial charge in [-0.3, -0.25) is 0 Å². The molecule has 0 aliphatic rings. The van der Waals surface area contributed by atoms with Gasteiger partial charge in [-0.05, 0) is 49.5 Å². The Bertz CT molecular complexity index is 733. The van der Waals surface area contributed by atoms with Crippen molar-refractivity contribution in [2.45, 2.75) is 13.0 Å². The van der Waals surface area contributed by atoms with Crippen LogP contribution in [0.1, 0.15) is 18.6 Å². The molecule has 4 N–H and O–H groups in total. The molecule has 0 heterocycles. The van der Waals surface area contributed by atoms with Crippen LogP contribution in [0.25, 0.3) is 0 Å². The van der Waals surface area contributed by atoms with E-state index in [4.69, 9.17) is 47.0 Å². The quantitative estimate of drug-likeness (QED) is 0.427. The van der Waals surface area contributed by atoms with Gasteiger partial charge in [-0.2, -0.15) is 0 Å². The number of halogens is 3. The highest BCUT2D eigenvalue weighted by Gasteiger charge is 2.14. The SMILES string of the molecule is CC(O)c1cc(Cl)cc(NC(=S)Nc2cc(Cl)cc(Cl)c2)c1O. The molecule has 0 aliphatic heterocycles. The van der Waals surface area contributed by atoms with Gasteiger partial charge in [0.05, 0.1) is 11.8 Å². The molecule has 1 atom stereocenters. The zero-order valence-corrected chi connectivity index (χ0v) is 15.0. The summed E-state index contributed by atoms with van der Waals surface area (Å²) in [4.78, 5) is 0. The number of aliphatic hydroxyl groups excluding tert-OH is 1. The van der Waals surface area contributed by atoms with Crippen molar-refractivity contribution in [3.8, 4) is 5.75 Å². The van der Waals surface area contributed by atoms with E-state index in [0.717, 1.165) is 0 Å². The molecule has 122 valence electrons. The first-order valence-corrected chi connectivity index (χ1v) is 8.05. The van der Waals surface area contributed by atoms with E-state index in [2.05, 4.69) is 10.6 Å². The van der Waals surface area contributed by atoms with Crippen LogP contribution in [0.4, 0.5) is 11.4 Å². The van der Waals surface area contributed by atoms with Crippen molar-refractivity contribution in [2.24, 2.45) is 0 Å². The minimum atomic E-state index is -0.873. The largest absolute Gasteiger partial charge is 0.505 e. The van der Waals surface area contributed by atoms with Gasteiger partial charge >= 0.3 is 0 Å². The fraction of sp³-hybridized carbons (Fsp3) is 0.133. The van der Waals surface area contributed by atoms with Gasteiger partial charge in [0.1, 0.15) is 5.75 Å². The van der Waals surface area contributed by atoms with Crippen molar-refractivity contribution in [1.82, 2.24) is 0 Å². The molecule has 0 spiro atoms. The molecule has 0 saturated carbocycles. The average Bonchev–Trinajstić information content (AvgIpc) is 2.40. The summed E-state index contributed by atoms with van der Waals surface area (Å²) < 4.78 is 0. The number of thiocarbonyl (C=S) groups is 1. The van der Waals surface area contributed by atoms with Gasteiger partial charge in [-0.15, -0.1) is 0 Å². The van der Waals surface area contributed by atoms with Crippen LogP contribution in [-0.4, -0.2) is 15.3 Å². The molecule has 0 fully saturated rings. The molecule has 2 aromatic rings. The van der Waals surface area contributed by atoms with E-state index >= 15 is 0 Å². The summed E-state index contributed by atoms with van der Waals surface area (Å²) in [6.07, 6.45) is -0.873. The van der Waals surface area contributed by atoms with Gasteiger partial charge in [0.15, 0.2) is 5.11 Å². The van der Waals surface area contributed by atoms with E-state index < -0.39 is 6.10 Å². The maximum Gasteiger partial charge on any atom is 0.175 e. The lowest BCUT2D eigenvalue weighted by Crippen LogP contribution is -2.19. The maximum absolute atomic E-state index is 10.2. The zero-order chi connectivity index (χ0) is 17.1. The predicted octanol–water partition coefficient (Wildman–Crippen LogP) is 5.21. The van der Waals surface area contributed by atoms with Gasteiger partial charge < -0.3 is 20.8 Å². The second-order valence-electron chi connectivity index (χ2n) is 4.80. The lowest BCUT2D eigenvalue weighted by Gasteiger charge is -2.16. The Kier molecular flexibility index (Phi) is 5.95. The first kappa shape index (κ1) is 18.1. The highest BCUT2D eigenvalue weighted by molar-refractivity contribution is 7.80. The van der Waals surface area contributed by atoms with Crippen LogP contribution in [0.15, 0.2) is 30.3 Å². The van der Waals surface area contributed by atoms with E-state index in [1.807, 2.05) is 0 Å². The smallest absolute Gasteiger partial charge is 0.175 e. The van der Waals surface area contributed by atoms with Crippen LogP contribution in [-0.2, 0) is 0 Å². The second kappa shape index (κ2) is 7.55. The number of anilines is 2. The Hall–Kier alpha value is -1.24. The fourth-order valence-corrected chi connectivity index (χ4v) is 2.93. The van der Waals surface area contributed by atoms with E-state index in [1.165, 1.54) is 19.1 Å². The van der Waals surface area contributed by atoms with Crippen LogP contribution in [0.5, 0.6) is 5.75 Å². The molecule has 0 aromatic heterocycles. The van der Waals surface area contributed by atoms with Gasteiger partial charge in [0.2, 0.25) is 0 Å². The number of phenols is 1. The lowest BCUT2D eigenvalue weighted by atomic mass is 10.1. The van der Waals surface area contributed by atoms with Gasteiger partial charge in [0.25, 0.3) is 0 Å².